The van der Waals surface area contributed by atoms with Crippen molar-refractivity contribution in [3.8, 4) is 29.1 Å². The molecule has 2 aromatic rings. The van der Waals surface area contributed by atoms with Crippen LogP contribution in [0.2, 0.25) is 0 Å². The van der Waals surface area contributed by atoms with Crippen molar-refractivity contribution in [2.24, 2.45) is 5.92 Å². The maximum atomic E-state index is 13.3. The van der Waals surface area contributed by atoms with E-state index in [9.17, 15) is 20.3 Å². The normalized spacial score (nSPS) is 27.4. The van der Waals surface area contributed by atoms with Crippen molar-refractivity contribution in [3.63, 3.8) is 0 Å². The smallest absolute Gasteiger partial charge is 0.231 e. The fourth-order valence-corrected chi connectivity index (χ4v) is 8.84. The second-order valence-corrected chi connectivity index (χ2v) is 13.4. The second kappa shape index (κ2) is 12.3. The first-order chi connectivity index (χ1) is 20.7. The van der Waals surface area contributed by atoms with Crippen LogP contribution < -0.4 is 14.8 Å². The third kappa shape index (κ3) is 4.93. The number of benzene rings is 2. The number of phenolic OH excluding ortho intramolecular Hbond substituents is 2. The first kappa shape index (κ1) is 31.9. The average molecular weight is 814 g/mol. The molecule has 1 aliphatic carbocycles. The molecule has 4 heterocycles. The minimum Gasteiger partial charge on any atom is -0.507 e. The maximum absolute atomic E-state index is 13.3. The van der Waals surface area contributed by atoms with Gasteiger partial charge in [0.25, 0.3) is 0 Å². The largest absolute Gasteiger partial charge is 0.507 e. The van der Waals surface area contributed by atoms with Crippen molar-refractivity contribution >= 4 is 5.91 Å². The zero-order valence-electron chi connectivity index (χ0n) is 26.2. The summed E-state index contributed by atoms with van der Waals surface area (Å²) in [6.45, 7) is 6.16. The van der Waals surface area contributed by atoms with Gasteiger partial charge in [-0.2, -0.15) is 5.26 Å². The quantitative estimate of drug-likeness (QED) is 0.410. The molecule has 1 saturated heterocycles. The molecule has 1 saturated carbocycles. The van der Waals surface area contributed by atoms with Gasteiger partial charge in [-0.1, -0.05) is 25.3 Å². The molecule has 3 N–H and O–H groups in total. The molecular weight excluding hydrogens is 771 g/mol. The number of likely N-dealkylation sites (N-methyl/N-ethyl adjacent to an activating group) is 1. The van der Waals surface area contributed by atoms with Crippen LogP contribution in [0.1, 0.15) is 89.6 Å². The fraction of sp³-hybridized carbons (Fsp3) is 0.588. The molecule has 0 aromatic heterocycles. The van der Waals surface area contributed by atoms with E-state index in [2.05, 4.69) is 34.3 Å². The average Bonchev–Trinajstić information content (AvgIpc) is 3.49. The van der Waals surface area contributed by atoms with Gasteiger partial charge in [-0.05, 0) is 76.1 Å². The third-order valence-electron chi connectivity index (χ3n) is 11.2. The van der Waals surface area contributed by atoms with E-state index in [0.717, 1.165) is 46.2 Å². The van der Waals surface area contributed by atoms with E-state index < -0.39 is 12.1 Å². The molecule has 231 valence electrons. The van der Waals surface area contributed by atoms with Gasteiger partial charge in [-0.3, -0.25) is 14.6 Å². The first-order valence-corrected chi connectivity index (χ1v) is 15.8. The van der Waals surface area contributed by atoms with Crippen molar-refractivity contribution in [1.82, 2.24) is 15.1 Å². The van der Waals surface area contributed by atoms with E-state index in [-0.39, 0.29) is 80.6 Å². The van der Waals surface area contributed by atoms with Crippen LogP contribution in [-0.4, -0.2) is 64.4 Å². The molecule has 9 nitrogen and oxygen atoms in total. The number of aromatic hydroxyl groups is 2. The minimum atomic E-state index is -0.474. The number of carbonyl (C=O) groups is 1. The number of hydrogen-bond acceptors (Lipinski definition) is 8. The Morgan fingerprint density at radius 1 is 1.02 bits per heavy atom. The van der Waals surface area contributed by atoms with Crippen LogP contribution in [0, 0.1) is 82.1 Å². The molecule has 44 heavy (non-hydrogen) atoms. The van der Waals surface area contributed by atoms with Crippen molar-refractivity contribution in [1.29, 1.82) is 5.26 Å². The summed E-state index contributed by atoms with van der Waals surface area (Å²) in [4.78, 5) is 17.8. The number of phenols is 2. The molecule has 5 aliphatic rings. The monoisotopic (exact) mass is 813 g/mol. The summed E-state index contributed by atoms with van der Waals surface area (Å²) in [5, 5.41) is 37.1. The van der Waals surface area contributed by atoms with E-state index in [0.29, 0.717) is 54.5 Å². The zero-order chi connectivity index (χ0) is 30.2. The number of hydrogen-bond donors (Lipinski definition) is 3. The molecule has 1 unspecified atom stereocenters. The summed E-state index contributed by atoms with van der Waals surface area (Å²) in [7, 11) is 2.05. The van der Waals surface area contributed by atoms with Gasteiger partial charge >= 0.3 is 0 Å². The SMILES string of the molecule is Cc1cc2c(c(O)c1C)[C@@H]1C3Cc4c(O)c(C)c5c(c4[C@H](CNC(=O)CC4CCCCC4)N3[C@@H](C#N)[C@H](C2)N1C)OCO5.[Ac]. The Hall–Kier alpha value is -2.04. The van der Waals surface area contributed by atoms with Crippen molar-refractivity contribution in [2.75, 3.05) is 20.4 Å². The van der Waals surface area contributed by atoms with Crippen LogP contribution in [0.25, 0.3) is 0 Å². The summed E-state index contributed by atoms with van der Waals surface area (Å²) >= 11 is 0. The van der Waals surface area contributed by atoms with E-state index in [1.54, 1.807) is 0 Å². The van der Waals surface area contributed by atoms with Gasteiger partial charge in [0.2, 0.25) is 12.7 Å². The predicted molar refractivity (Wildman–Crippen MR) is 160 cm³/mol. The molecule has 7 rings (SSSR count). The molecule has 5 atom stereocenters. The van der Waals surface area contributed by atoms with Crippen molar-refractivity contribution < 1.29 is 68.5 Å². The van der Waals surface area contributed by atoms with Crippen LogP contribution in [-0.2, 0) is 17.6 Å². The van der Waals surface area contributed by atoms with Gasteiger partial charge in [0.1, 0.15) is 17.5 Å². The number of rotatable bonds is 4. The number of nitrogens with zero attached hydrogens (tertiary/aromatic N) is 3. The van der Waals surface area contributed by atoms with Gasteiger partial charge in [0.15, 0.2) is 11.5 Å². The summed E-state index contributed by atoms with van der Waals surface area (Å²) in [5.41, 5.74) is 6.11. The molecule has 1 radical (unpaired) electrons. The number of piperazine rings is 1. The molecule has 2 bridgehead atoms. The van der Waals surface area contributed by atoms with E-state index >= 15 is 0 Å². The standard InChI is InChI=1S/C34H42N4O5.Ac/c1-17-10-21-12-23-25(14-35)38-24(30(37(23)4)28(21)32(41)18(17)2)13-22-29(34-33(42-16-43-34)19(3)31(22)40)26(38)15-36-27(39)11-20-8-6-5-7-9-20;/h10,20,23-26,30,40-41H,5-9,11-13,15-16H2,1-4H3,(H,36,39);/t23-,24?,25-,26-,30-;/m0./s1. The van der Waals surface area contributed by atoms with Crippen LogP contribution in [0.3, 0.4) is 0 Å². The van der Waals surface area contributed by atoms with Crippen LogP contribution in [0.15, 0.2) is 6.07 Å². The Kier molecular flexibility index (Phi) is 8.92. The molecule has 0 spiro atoms. The molecule has 1 amide bonds. The number of fused-ring (bicyclic) bond motifs is 9. The Balaban J connectivity index is 0.00000343. The minimum absolute atomic E-state index is 0. The molecule has 2 aromatic carbocycles. The van der Waals surface area contributed by atoms with Gasteiger partial charge in [0.05, 0.1) is 18.2 Å². The van der Waals surface area contributed by atoms with Crippen molar-refractivity contribution in [3.05, 3.63) is 45.0 Å². The second-order valence-electron chi connectivity index (χ2n) is 13.4. The van der Waals surface area contributed by atoms with Gasteiger partial charge in [-0.25, -0.2) is 0 Å². The van der Waals surface area contributed by atoms with Crippen molar-refractivity contribution in [2.45, 2.75) is 102 Å². The van der Waals surface area contributed by atoms with Crippen LogP contribution >= 0.6 is 0 Å². The van der Waals surface area contributed by atoms with Crippen LogP contribution in [0.4, 0.5) is 0 Å². The van der Waals surface area contributed by atoms with E-state index in [4.69, 9.17) is 9.47 Å². The van der Waals surface area contributed by atoms with Crippen LogP contribution in [0.5, 0.6) is 23.0 Å². The first-order valence-electron chi connectivity index (χ1n) is 15.8. The molecule has 10 heteroatoms. The maximum Gasteiger partial charge on any atom is 0.231 e. The molecular formula is C34H42AcN4O5. The Morgan fingerprint density at radius 2 is 1.75 bits per heavy atom. The number of aryl methyl sites for hydroxylation is 1. The number of carbonyl (C=O) groups excluding carboxylic acids is 1. The summed E-state index contributed by atoms with van der Waals surface area (Å²) in [6.07, 6.45) is 7.40. The predicted octanol–water partition coefficient (Wildman–Crippen LogP) is 4.61. The Morgan fingerprint density at radius 3 is 2.48 bits per heavy atom. The van der Waals surface area contributed by atoms with E-state index in [1.807, 2.05) is 20.8 Å². The number of nitriles is 1. The van der Waals surface area contributed by atoms with Gasteiger partial charge in [-0.15, -0.1) is 0 Å². The fourth-order valence-electron chi connectivity index (χ4n) is 8.84. The number of ether oxygens (including phenoxy) is 2. The molecule has 4 aliphatic heterocycles. The molecule has 2 fully saturated rings. The Labute approximate surface area is 295 Å². The summed E-state index contributed by atoms with van der Waals surface area (Å²) < 4.78 is 11.9. The zero-order valence-corrected chi connectivity index (χ0v) is 30.9. The number of amides is 1. The van der Waals surface area contributed by atoms with Gasteiger partial charge in [0, 0.05) is 91.4 Å². The third-order valence-corrected chi connectivity index (χ3v) is 11.2. The summed E-state index contributed by atoms with van der Waals surface area (Å²) in [5.74, 6) is 2.06. The number of nitrogens with one attached hydrogen (secondary N) is 1. The van der Waals surface area contributed by atoms with E-state index in [1.165, 1.54) is 19.3 Å². The topological polar surface area (TPSA) is 118 Å². The van der Waals surface area contributed by atoms with Gasteiger partial charge < -0.3 is 25.0 Å². The summed E-state index contributed by atoms with van der Waals surface area (Å²) in [6, 6.07) is 3.40. The Bertz CT molecular complexity index is 1530.